The Morgan fingerprint density at radius 2 is 1.80 bits per heavy atom. The third-order valence-electron chi connectivity index (χ3n) is 5.18. The SMILES string of the molecule is COC1(C(=O)O)CCC(CO[Si](C)(C)C(C)(C)C)CC1. The van der Waals surface area contributed by atoms with Crippen molar-refractivity contribution in [2.45, 2.75) is 70.2 Å². The van der Waals surface area contributed by atoms with Crippen molar-refractivity contribution in [3.63, 3.8) is 0 Å². The van der Waals surface area contributed by atoms with Gasteiger partial charge in [-0.15, -0.1) is 0 Å². The Bertz CT molecular complexity index is 338. The van der Waals surface area contributed by atoms with Crippen molar-refractivity contribution in [2.24, 2.45) is 5.92 Å². The molecule has 0 amide bonds. The van der Waals surface area contributed by atoms with E-state index in [4.69, 9.17) is 9.16 Å². The number of ether oxygens (including phenoxy) is 1. The van der Waals surface area contributed by atoms with Gasteiger partial charge >= 0.3 is 5.97 Å². The summed E-state index contributed by atoms with van der Waals surface area (Å²) in [5.74, 6) is -0.365. The van der Waals surface area contributed by atoms with Crippen LogP contribution in [0, 0.1) is 5.92 Å². The van der Waals surface area contributed by atoms with Crippen LogP contribution in [-0.4, -0.2) is 38.7 Å². The molecule has 1 saturated carbocycles. The van der Waals surface area contributed by atoms with Gasteiger partial charge in [0.15, 0.2) is 13.9 Å². The van der Waals surface area contributed by atoms with E-state index in [-0.39, 0.29) is 5.04 Å². The maximum absolute atomic E-state index is 11.3. The molecule has 118 valence electrons. The minimum atomic E-state index is -1.70. The number of hydrogen-bond acceptors (Lipinski definition) is 3. The normalized spacial score (nSPS) is 28.4. The average molecular weight is 302 g/mol. The van der Waals surface area contributed by atoms with Crippen molar-refractivity contribution < 1.29 is 19.1 Å². The van der Waals surface area contributed by atoms with Crippen LogP contribution in [0.4, 0.5) is 0 Å². The van der Waals surface area contributed by atoms with Crippen LogP contribution in [0.5, 0.6) is 0 Å². The van der Waals surface area contributed by atoms with Crippen LogP contribution < -0.4 is 0 Å². The lowest BCUT2D eigenvalue weighted by Gasteiger charge is -2.40. The molecule has 1 fully saturated rings. The van der Waals surface area contributed by atoms with Gasteiger partial charge in [-0.3, -0.25) is 0 Å². The molecule has 0 unspecified atom stereocenters. The average Bonchev–Trinajstić information content (AvgIpc) is 2.35. The number of rotatable bonds is 5. The summed E-state index contributed by atoms with van der Waals surface area (Å²) < 4.78 is 11.5. The van der Waals surface area contributed by atoms with E-state index in [2.05, 4.69) is 33.9 Å². The van der Waals surface area contributed by atoms with E-state index in [0.717, 1.165) is 19.4 Å². The lowest BCUT2D eigenvalue weighted by Crippen LogP contribution is -2.46. The van der Waals surface area contributed by atoms with Gasteiger partial charge in [-0.05, 0) is 49.7 Å². The van der Waals surface area contributed by atoms with E-state index in [1.54, 1.807) is 0 Å². The fraction of sp³-hybridized carbons (Fsp3) is 0.933. The molecule has 1 rings (SSSR count). The molecule has 4 nitrogen and oxygen atoms in total. The highest BCUT2D eigenvalue weighted by atomic mass is 28.4. The number of carboxylic acid groups (broad SMARTS) is 1. The zero-order valence-corrected chi connectivity index (χ0v) is 14.8. The molecule has 0 aromatic rings. The van der Waals surface area contributed by atoms with E-state index in [9.17, 15) is 9.90 Å². The number of hydrogen-bond donors (Lipinski definition) is 1. The van der Waals surface area contributed by atoms with Gasteiger partial charge in [-0.2, -0.15) is 0 Å². The summed E-state index contributed by atoms with van der Waals surface area (Å²) in [5, 5.41) is 9.51. The Morgan fingerprint density at radius 1 is 1.30 bits per heavy atom. The lowest BCUT2D eigenvalue weighted by atomic mass is 9.79. The third kappa shape index (κ3) is 3.83. The zero-order valence-electron chi connectivity index (χ0n) is 13.8. The first-order valence-electron chi connectivity index (χ1n) is 7.46. The second-order valence-corrected chi connectivity index (χ2v) is 12.3. The molecule has 0 bridgehead atoms. The third-order valence-corrected chi connectivity index (χ3v) is 9.68. The summed E-state index contributed by atoms with van der Waals surface area (Å²) in [5.41, 5.74) is -0.965. The Hall–Kier alpha value is -0.393. The molecule has 0 aromatic heterocycles. The minimum Gasteiger partial charge on any atom is -0.479 e. The van der Waals surface area contributed by atoms with Gasteiger partial charge in [-0.1, -0.05) is 20.8 Å². The van der Waals surface area contributed by atoms with Crippen LogP contribution in [0.25, 0.3) is 0 Å². The molecule has 1 aliphatic rings. The fourth-order valence-electron chi connectivity index (χ4n) is 2.36. The van der Waals surface area contributed by atoms with Gasteiger partial charge in [0.05, 0.1) is 0 Å². The molecule has 1 aliphatic carbocycles. The Kier molecular flexibility index (Phi) is 5.44. The van der Waals surface area contributed by atoms with Crippen molar-refractivity contribution in [1.82, 2.24) is 0 Å². The molecular formula is C15H30O4Si. The summed E-state index contributed by atoms with van der Waals surface area (Å²) in [6, 6.07) is 0. The lowest BCUT2D eigenvalue weighted by molar-refractivity contribution is -0.167. The second-order valence-electron chi connectivity index (χ2n) is 7.52. The minimum absolute atomic E-state index is 0.221. The Labute approximate surface area is 124 Å². The first kappa shape index (κ1) is 17.7. The van der Waals surface area contributed by atoms with Crippen LogP contribution in [0.15, 0.2) is 0 Å². The standard InChI is InChI=1S/C15H30O4Si/c1-14(2,3)20(5,6)19-11-12-7-9-15(18-4,10-8-12)13(16)17/h12H,7-11H2,1-6H3,(H,16,17). The largest absolute Gasteiger partial charge is 0.479 e. The first-order chi connectivity index (χ1) is 9.04. The van der Waals surface area contributed by atoms with Crippen molar-refractivity contribution in [1.29, 1.82) is 0 Å². The van der Waals surface area contributed by atoms with Crippen molar-refractivity contribution in [2.75, 3.05) is 13.7 Å². The molecule has 5 heteroatoms. The molecule has 20 heavy (non-hydrogen) atoms. The van der Waals surface area contributed by atoms with Crippen LogP contribution in [-0.2, 0) is 14.0 Å². The topological polar surface area (TPSA) is 55.8 Å². The van der Waals surface area contributed by atoms with Crippen molar-refractivity contribution in [3.05, 3.63) is 0 Å². The number of aliphatic carboxylic acids is 1. The highest BCUT2D eigenvalue weighted by molar-refractivity contribution is 6.74. The summed E-state index contributed by atoms with van der Waals surface area (Å²) >= 11 is 0. The van der Waals surface area contributed by atoms with Gasteiger partial charge in [0.25, 0.3) is 0 Å². The predicted octanol–water partition coefficient (Wildman–Crippen LogP) is 3.67. The summed E-state index contributed by atoms with van der Waals surface area (Å²) in [6.07, 6.45) is 2.91. The van der Waals surface area contributed by atoms with Crippen LogP contribution >= 0.6 is 0 Å². The van der Waals surface area contributed by atoms with Gasteiger partial charge in [0.2, 0.25) is 0 Å². The molecule has 0 aliphatic heterocycles. The smallest absolute Gasteiger partial charge is 0.335 e. The molecular weight excluding hydrogens is 272 g/mol. The van der Waals surface area contributed by atoms with Crippen molar-refractivity contribution in [3.8, 4) is 0 Å². The molecule has 1 N–H and O–H groups in total. The maximum Gasteiger partial charge on any atom is 0.335 e. The van der Waals surface area contributed by atoms with E-state index >= 15 is 0 Å². The Balaban J connectivity index is 2.50. The van der Waals surface area contributed by atoms with Crippen molar-refractivity contribution >= 4 is 14.3 Å². The van der Waals surface area contributed by atoms with Gasteiger partial charge in [0.1, 0.15) is 0 Å². The predicted molar refractivity (Wildman–Crippen MR) is 82.5 cm³/mol. The monoisotopic (exact) mass is 302 g/mol. The zero-order chi connectivity index (χ0) is 15.6. The highest BCUT2D eigenvalue weighted by Gasteiger charge is 2.43. The molecule has 0 aromatic carbocycles. The summed E-state index contributed by atoms with van der Waals surface area (Å²) in [4.78, 5) is 11.3. The molecule has 0 radical (unpaired) electrons. The Morgan fingerprint density at radius 3 is 2.15 bits per heavy atom. The fourth-order valence-corrected chi connectivity index (χ4v) is 3.44. The van der Waals surface area contributed by atoms with E-state index in [1.165, 1.54) is 7.11 Å². The van der Waals surface area contributed by atoms with E-state index in [1.807, 2.05) is 0 Å². The van der Waals surface area contributed by atoms with E-state index in [0.29, 0.717) is 18.8 Å². The van der Waals surface area contributed by atoms with E-state index < -0.39 is 19.9 Å². The molecule has 0 heterocycles. The second kappa shape index (κ2) is 6.16. The van der Waals surface area contributed by atoms with Gasteiger partial charge in [0, 0.05) is 13.7 Å². The summed E-state index contributed by atoms with van der Waals surface area (Å²) in [7, 11) is -0.202. The molecule has 0 saturated heterocycles. The number of carboxylic acids is 1. The summed E-state index contributed by atoms with van der Waals surface area (Å²) in [6.45, 7) is 12.0. The number of methoxy groups -OCH3 is 1. The van der Waals surface area contributed by atoms with Crippen LogP contribution in [0.1, 0.15) is 46.5 Å². The van der Waals surface area contributed by atoms with Gasteiger partial charge in [-0.25, -0.2) is 4.79 Å². The van der Waals surface area contributed by atoms with Crippen LogP contribution in [0.2, 0.25) is 18.1 Å². The van der Waals surface area contributed by atoms with Gasteiger partial charge < -0.3 is 14.3 Å². The maximum atomic E-state index is 11.3. The highest BCUT2D eigenvalue weighted by Crippen LogP contribution is 2.39. The quantitative estimate of drug-likeness (QED) is 0.787. The number of carbonyl (C=O) groups is 1. The molecule has 0 spiro atoms. The first-order valence-corrected chi connectivity index (χ1v) is 10.4. The van der Waals surface area contributed by atoms with Crippen LogP contribution in [0.3, 0.4) is 0 Å². The molecule has 0 atom stereocenters.